The minimum Gasteiger partial charge on any atom is -0.393 e. The SMILES string of the molecule is COC[C@]1(C(N)=S)[C@H](c2ccc(C)cc2)[C@@H]1S(C)(=O)=O. The van der Waals surface area contributed by atoms with Gasteiger partial charge in [-0.15, -0.1) is 0 Å². The highest BCUT2D eigenvalue weighted by Crippen LogP contribution is 2.63. The molecule has 20 heavy (non-hydrogen) atoms. The highest BCUT2D eigenvalue weighted by molar-refractivity contribution is 7.92. The molecule has 0 aliphatic heterocycles. The molecule has 1 aromatic rings. The molecule has 2 N–H and O–H groups in total. The van der Waals surface area contributed by atoms with Gasteiger partial charge in [0.25, 0.3) is 0 Å². The monoisotopic (exact) mass is 313 g/mol. The molecule has 1 aromatic carbocycles. The predicted molar refractivity (Wildman–Crippen MR) is 83.6 cm³/mol. The smallest absolute Gasteiger partial charge is 0.152 e. The molecule has 0 aromatic heterocycles. The highest BCUT2D eigenvalue weighted by Gasteiger charge is 2.71. The molecule has 4 nitrogen and oxygen atoms in total. The normalized spacial score (nSPS) is 29.1. The summed E-state index contributed by atoms with van der Waals surface area (Å²) < 4.78 is 29.3. The van der Waals surface area contributed by atoms with E-state index in [0.717, 1.165) is 11.1 Å². The van der Waals surface area contributed by atoms with Crippen LogP contribution in [0.25, 0.3) is 0 Å². The number of rotatable bonds is 5. The van der Waals surface area contributed by atoms with Crippen molar-refractivity contribution >= 4 is 27.0 Å². The number of aryl methyl sites for hydroxylation is 1. The second-order valence-electron chi connectivity index (χ2n) is 5.48. The van der Waals surface area contributed by atoms with Crippen molar-refractivity contribution in [1.29, 1.82) is 0 Å². The Morgan fingerprint density at radius 2 is 1.95 bits per heavy atom. The zero-order chi connectivity index (χ0) is 15.1. The highest BCUT2D eigenvalue weighted by atomic mass is 32.2. The van der Waals surface area contributed by atoms with Gasteiger partial charge in [0.15, 0.2) is 9.84 Å². The molecular formula is C14H19NO3S2. The molecule has 0 amide bonds. The van der Waals surface area contributed by atoms with Gasteiger partial charge < -0.3 is 10.5 Å². The Labute approximate surface area is 125 Å². The Balaban J connectivity index is 2.49. The molecule has 0 unspecified atom stereocenters. The molecule has 1 fully saturated rings. The largest absolute Gasteiger partial charge is 0.393 e. The number of thiocarbonyl (C=S) groups is 1. The molecule has 0 heterocycles. The van der Waals surface area contributed by atoms with Crippen molar-refractivity contribution in [2.45, 2.75) is 18.1 Å². The van der Waals surface area contributed by atoms with Crippen molar-refractivity contribution in [2.75, 3.05) is 20.0 Å². The first-order chi connectivity index (χ1) is 9.25. The first-order valence-corrected chi connectivity index (χ1v) is 8.65. The van der Waals surface area contributed by atoms with Gasteiger partial charge in [-0.05, 0) is 12.5 Å². The number of hydrogen-bond acceptors (Lipinski definition) is 4. The Morgan fingerprint density at radius 1 is 1.40 bits per heavy atom. The van der Waals surface area contributed by atoms with E-state index in [1.165, 1.54) is 13.4 Å². The van der Waals surface area contributed by atoms with Gasteiger partial charge >= 0.3 is 0 Å². The van der Waals surface area contributed by atoms with Crippen LogP contribution in [0.3, 0.4) is 0 Å². The summed E-state index contributed by atoms with van der Waals surface area (Å²) in [4.78, 5) is 0.209. The number of nitrogens with two attached hydrogens (primary N) is 1. The third kappa shape index (κ3) is 2.36. The van der Waals surface area contributed by atoms with Crippen molar-refractivity contribution in [2.24, 2.45) is 11.1 Å². The van der Waals surface area contributed by atoms with Crippen LogP contribution in [-0.4, -0.2) is 38.6 Å². The van der Waals surface area contributed by atoms with Gasteiger partial charge in [0, 0.05) is 19.3 Å². The van der Waals surface area contributed by atoms with Gasteiger partial charge in [0.2, 0.25) is 0 Å². The van der Waals surface area contributed by atoms with Crippen LogP contribution in [0.4, 0.5) is 0 Å². The molecule has 0 spiro atoms. The minimum atomic E-state index is -3.26. The van der Waals surface area contributed by atoms with Crippen molar-refractivity contribution in [3.05, 3.63) is 35.4 Å². The van der Waals surface area contributed by atoms with Crippen LogP contribution in [0.5, 0.6) is 0 Å². The second-order valence-corrected chi connectivity index (χ2v) is 8.08. The average molecular weight is 313 g/mol. The number of methoxy groups -OCH3 is 1. The molecule has 1 aliphatic rings. The average Bonchev–Trinajstić information content (AvgIpc) is 3.01. The summed E-state index contributed by atoms with van der Waals surface area (Å²) in [5, 5.41) is -0.602. The van der Waals surface area contributed by atoms with Crippen LogP contribution < -0.4 is 5.73 Å². The van der Waals surface area contributed by atoms with Gasteiger partial charge in [-0.3, -0.25) is 0 Å². The zero-order valence-electron chi connectivity index (χ0n) is 11.8. The van der Waals surface area contributed by atoms with Gasteiger partial charge in [0.05, 0.1) is 22.3 Å². The van der Waals surface area contributed by atoms with E-state index in [1.54, 1.807) is 0 Å². The van der Waals surface area contributed by atoms with Crippen LogP contribution in [0.2, 0.25) is 0 Å². The lowest BCUT2D eigenvalue weighted by Gasteiger charge is -2.15. The van der Waals surface area contributed by atoms with Crippen LogP contribution in [0.1, 0.15) is 17.0 Å². The van der Waals surface area contributed by atoms with E-state index in [0.29, 0.717) is 0 Å². The van der Waals surface area contributed by atoms with Gasteiger partial charge in [-0.2, -0.15) is 0 Å². The lowest BCUT2D eigenvalue weighted by Crippen LogP contribution is -2.32. The molecule has 2 rings (SSSR count). The molecule has 0 radical (unpaired) electrons. The topological polar surface area (TPSA) is 69.4 Å². The van der Waals surface area contributed by atoms with Gasteiger partial charge in [0.1, 0.15) is 0 Å². The summed E-state index contributed by atoms with van der Waals surface area (Å²) in [5.41, 5.74) is 7.13. The first kappa shape index (κ1) is 15.4. The van der Waals surface area contributed by atoms with Crippen LogP contribution in [0.15, 0.2) is 24.3 Å². The fourth-order valence-corrected chi connectivity index (χ4v) is 5.36. The van der Waals surface area contributed by atoms with Crippen molar-refractivity contribution in [3.63, 3.8) is 0 Å². The molecular weight excluding hydrogens is 294 g/mol. The van der Waals surface area contributed by atoms with Crippen molar-refractivity contribution < 1.29 is 13.2 Å². The van der Waals surface area contributed by atoms with E-state index < -0.39 is 20.5 Å². The summed E-state index contributed by atoms with van der Waals surface area (Å²) in [6.45, 7) is 2.21. The Bertz CT molecular complexity index is 624. The molecule has 0 saturated heterocycles. The molecule has 3 atom stereocenters. The summed E-state index contributed by atoms with van der Waals surface area (Å²) in [5.74, 6) is -0.226. The summed E-state index contributed by atoms with van der Waals surface area (Å²) in [7, 11) is -1.73. The van der Waals surface area contributed by atoms with Gasteiger partial charge in [-0.1, -0.05) is 42.0 Å². The van der Waals surface area contributed by atoms with E-state index in [4.69, 9.17) is 22.7 Å². The van der Waals surface area contributed by atoms with E-state index >= 15 is 0 Å². The van der Waals surface area contributed by atoms with E-state index in [-0.39, 0.29) is 17.5 Å². The zero-order valence-corrected chi connectivity index (χ0v) is 13.4. The molecule has 6 heteroatoms. The first-order valence-electron chi connectivity index (χ1n) is 6.29. The van der Waals surface area contributed by atoms with Crippen LogP contribution in [0, 0.1) is 12.3 Å². The van der Waals surface area contributed by atoms with Crippen molar-refractivity contribution in [1.82, 2.24) is 0 Å². The summed E-state index contributed by atoms with van der Waals surface area (Å²) in [6.07, 6.45) is 1.23. The summed E-state index contributed by atoms with van der Waals surface area (Å²) >= 11 is 5.14. The Hall–Kier alpha value is -0.980. The standard InChI is InChI=1S/C14H19NO3S2/c1-9-4-6-10(7-5-9)11-12(20(3,16)17)14(11,8-18-2)13(15)19/h4-7,11-12H,8H2,1-3H3,(H2,15,19)/t11-,12+,14+/m1/s1. The molecule has 1 aliphatic carbocycles. The maximum Gasteiger partial charge on any atom is 0.152 e. The van der Waals surface area contributed by atoms with Crippen LogP contribution in [-0.2, 0) is 14.6 Å². The molecule has 1 saturated carbocycles. The van der Waals surface area contributed by atoms with E-state index in [1.807, 2.05) is 31.2 Å². The molecule has 0 bridgehead atoms. The van der Waals surface area contributed by atoms with E-state index in [2.05, 4.69) is 0 Å². The quantitative estimate of drug-likeness (QED) is 0.833. The third-order valence-corrected chi connectivity index (χ3v) is 5.99. The maximum atomic E-state index is 12.1. The fraction of sp³-hybridized carbons (Fsp3) is 0.500. The predicted octanol–water partition coefficient (Wildman–Crippen LogP) is 1.42. The number of benzene rings is 1. The maximum absolute atomic E-state index is 12.1. The second kappa shape index (κ2) is 5.09. The summed E-state index contributed by atoms with van der Waals surface area (Å²) in [6, 6.07) is 7.80. The van der Waals surface area contributed by atoms with Crippen molar-refractivity contribution in [3.8, 4) is 0 Å². The minimum absolute atomic E-state index is 0.209. The lowest BCUT2D eigenvalue weighted by atomic mass is 9.99. The number of ether oxygens (including phenoxy) is 1. The van der Waals surface area contributed by atoms with Gasteiger partial charge in [-0.25, -0.2) is 8.42 Å². The Morgan fingerprint density at radius 3 is 2.35 bits per heavy atom. The van der Waals surface area contributed by atoms with Crippen LogP contribution >= 0.6 is 12.2 Å². The number of sulfone groups is 1. The van der Waals surface area contributed by atoms with E-state index in [9.17, 15) is 8.42 Å². The number of hydrogen-bond donors (Lipinski definition) is 1. The lowest BCUT2D eigenvalue weighted by molar-refractivity contribution is 0.166. The third-order valence-electron chi connectivity index (χ3n) is 4.00. The fourth-order valence-electron chi connectivity index (χ4n) is 3.06. The molecule has 110 valence electrons. The Kier molecular flexibility index (Phi) is 3.92.